The highest BCUT2D eigenvalue weighted by atomic mass is 19.4. The summed E-state index contributed by atoms with van der Waals surface area (Å²) in [6.45, 7) is 4.22. The molecule has 1 amide bonds. The van der Waals surface area contributed by atoms with E-state index in [0.29, 0.717) is 18.9 Å². The zero-order valence-corrected chi connectivity index (χ0v) is 23.8. The third kappa shape index (κ3) is 7.02. The molecule has 3 aromatic rings. The predicted octanol–water partition coefficient (Wildman–Crippen LogP) is 5.49. The standard InChI is InChI=1S/C31H34N2O3.C2H4F3N/c1-23-22-33(29(34)21-24-11-3-2-4-12-24)20-19-32(23)18-10-9-17-31(30(35)36)27-15-7-5-13-25(27)26-14-6-8-16-28(26)31;3-2(4,5)1-6/h2-8,11-16,23H,9-10,17-22H2,1H3,(H,35,36);1,6H2/t23-;/m1./s1. The molecule has 1 heterocycles. The molecule has 0 aromatic heterocycles. The van der Waals surface area contributed by atoms with Gasteiger partial charge >= 0.3 is 12.1 Å². The van der Waals surface area contributed by atoms with E-state index in [9.17, 15) is 27.9 Å². The van der Waals surface area contributed by atoms with E-state index in [1.165, 1.54) is 0 Å². The molecule has 3 aromatic carbocycles. The van der Waals surface area contributed by atoms with E-state index in [2.05, 4.69) is 17.6 Å². The van der Waals surface area contributed by atoms with Gasteiger partial charge in [-0.05, 0) is 54.1 Å². The van der Waals surface area contributed by atoms with Crippen molar-refractivity contribution in [3.8, 4) is 11.1 Å². The Morgan fingerprint density at radius 1 is 0.905 bits per heavy atom. The Morgan fingerprint density at radius 3 is 1.98 bits per heavy atom. The van der Waals surface area contributed by atoms with E-state index in [4.69, 9.17) is 0 Å². The molecule has 9 heteroatoms. The summed E-state index contributed by atoms with van der Waals surface area (Å²) in [7, 11) is 0. The van der Waals surface area contributed by atoms with Crippen LogP contribution in [0.4, 0.5) is 13.2 Å². The molecule has 0 bridgehead atoms. The predicted molar refractivity (Wildman–Crippen MR) is 157 cm³/mol. The largest absolute Gasteiger partial charge is 0.480 e. The number of alkyl halides is 3. The maximum Gasteiger partial charge on any atom is 0.400 e. The summed E-state index contributed by atoms with van der Waals surface area (Å²) in [4.78, 5) is 30.0. The number of hydrogen-bond donors (Lipinski definition) is 2. The molecule has 0 saturated carbocycles. The van der Waals surface area contributed by atoms with Crippen molar-refractivity contribution in [2.24, 2.45) is 5.73 Å². The van der Waals surface area contributed by atoms with Crippen molar-refractivity contribution >= 4 is 11.9 Å². The fourth-order valence-corrected chi connectivity index (χ4v) is 6.07. The fraction of sp³-hybridized carbons (Fsp3) is 0.394. The topological polar surface area (TPSA) is 86.9 Å². The van der Waals surface area contributed by atoms with Crippen LogP contribution in [0, 0.1) is 0 Å². The van der Waals surface area contributed by atoms with Crippen molar-refractivity contribution in [3.05, 3.63) is 95.6 Å². The lowest BCUT2D eigenvalue weighted by Crippen LogP contribution is -2.54. The number of nitrogens with zero attached hydrogens (tertiary/aromatic N) is 2. The van der Waals surface area contributed by atoms with Gasteiger partial charge in [0.15, 0.2) is 0 Å². The molecule has 5 rings (SSSR count). The number of halogens is 3. The van der Waals surface area contributed by atoms with Crippen molar-refractivity contribution in [1.82, 2.24) is 9.80 Å². The van der Waals surface area contributed by atoms with Crippen molar-refractivity contribution in [2.75, 3.05) is 32.7 Å². The Morgan fingerprint density at radius 2 is 1.45 bits per heavy atom. The van der Waals surface area contributed by atoms with Crippen LogP contribution in [0.25, 0.3) is 11.1 Å². The van der Waals surface area contributed by atoms with Crippen LogP contribution in [0.5, 0.6) is 0 Å². The molecule has 6 nitrogen and oxygen atoms in total. The molecular weight excluding hydrogens is 543 g/mol. The molecule has 1 atom stereocenters. The average molecular weight is 582 g/mol. The SMILES string of the molecule is C[C@@H]1CN(C(=O)Cc2ccccc2)CCN1CCCCC1(C(=O)O)c2ccccc2-c2ccccc21.NCC(F)(F)F. The average Bonchev–Trinajstić information content (AvgIpc) is 3.27. The van der Waals surface area contributed by atoms with E-state index in [0.717, 1.165) is 66.8 Å². The molecule has 3 N–H and O–H groups in total. The number of piperazine rings is 1. The Bertz CT molecular complexity index is 1320. The molecule has 42 heavy (non-hydrogen) atoms. The van der Waals surface area contributed by atoms with E-state index in [1.807, 2.05) is 83.8 Å². The van der Waals surface area contributed by atoms with Crippen LogP contribution >= 0.6 is 0 Å². The number of amides is 1. The lowest BCUT2D eigenvalue weighted by atomic mass is 9.74. The van der Waals surface area contributed by atoms with Gasteiger partial charge < -0.3 is 15.7 Å². The highest BCUT2D eigenvalue weighted by molar-refractivity contribution is 5.97. The van der Waals surface area contributed by atoms with Gasteiger partial charge in [0.25, 0.3) is 0 Å². The Balaban J connectivity index is 0.000000612. The number of carbonyl (C=O) groups excluding carboxylic acids is 1. The van der Waals surface area contributed by atoms with Crippen molar-refractivity contribution in [2.45, 2.75) is 50.2 Å². The van der Waals surface area contributed by atoms with E-state index in [-0.39, 0.29) is 5.91 Å². The smallest absolute Gasteiger partial charge is 0.400 e. The number of unbranched alkanes of at least 4 members (excludes halogenated alkanes) is 1. The lowest BCUT2D eigenvalue weighted by molar-refractivity contribution is -0.142. The van der Waals surface area contributed by atoms with Crippen LogP contribution in [0.15, 0.2) is 78.9 Å². The Labute approximate surface area is 244 Å². The molecule has 1 aliphatic carbocycles. The minimum Gasteiger partial charge on any atom is -0.480 e. The number of carboxylic acids is 1. The second-order valence-electron chi connectivity index (χ2n) is 11.0. The van der Waals surface area contributed by atoms with Crippen LogP contribution in [0.3, 0.4) is 0 Å². The number of carboxylic acid groups (broad SMARTS) is 1. The number of benzene rings is 3. The van der Waals surface area contributed by atoms with Gasteiger partial charge in [-0.3, -0.25) is 14.5 Å². The summed E-state index contributed by atoms with van der Waals surface area (Å²) >= 11 is 0. The number of aliphatic carboxylic acids is 1. The number of rotatable bonds is 8. The Kier molecular flexibility index (Phi) is 10.1. The molecular formula is C33H38F3N3O3. The van der Waals surface area contributed by atoms with Crippen molar-refractivity contribution in [3.63, 3.8) is 0 Å². The third-order valence-corrected chi connectivity index (χ3v) is 8.22. The van der Waals surface area contributed by atoms with Gasteiger partial charge in [-0.15, -0.1) is 0 Å². The van der Waals surface area contributed by atoms with Gasteiger partial charge in [-0.1, -0.05) is 85.3 Å². The zero-order valence-electron chi connectivity index (χ0n) is 23.8. The molecule has 0 spiro atoms. The highest BCUT2D eigenvalue weighted by Crippen LogP contribution is 2.51. The first-order chi connectivity index (χ1) is 20.1. The van der Waals surface area contributed by atoms with Gasteiger partial charge in [-0.25, -0.2) is 0 Å². The lowest BCUT2D eigenvalue weighted by Gasteiger charge is -2.40. The Hall–Kier alpha value is -3.69. The van der Waals surface area contributed by atoms with Crippen LogP contribution < -0.4 is 5.73 Å². The third-order valence-electron chi connectivity index (χ3n) is 8.22. The molecule has 2 aliphatic rings. The summed E-state index contributed by atoms with van der Waals surface area (Å²) in [5.41, 5.74) is 8.16. The van der Waals surface area contributed by atoms with E-state index in [1.54, 1.807) is 0 Å². The second kappa shape index (κ2) is 13.5. The van der Waals surface area contributed by atoms with Gasteiger partial charge in [-0.2, -0.15) is 13.2 Å². The van der Waals surface area contributed by atoms with Crippen LogP contribution in [-0.4, -0.2) is 71.7 Å². The summed E-state index contributed by atoms with van der Waals surface area (Å²) in [6.07, 6.45) is -1.38. The van der Waals surface area contributed by atoms with Crippen LogP contribution in [-0.2, 0) is 21.4 Å². The number of fused-ring (bicyclic) bond motifs is 3. The second-order valence-corrected chi connectivity index (χ2v) is 11.0. The number of hydrogen-bond acceptors (Lipinski definition) is 4. The van der Waals surface area contributed by atoms with Gasteiger partial charge in [0.05, 0.1) is 13.0 Å². The normalized spacial score (nSPS) is 17.5. The minimum absolute atomic E-state index is 0.190. The van der Waals surface area contributed by atoms with Crippen molar-refractivity contribution in [1.29, 1.82) is 0 Å². The monoisotopic (exact) mass is 581 g/mol. The highest BCUT2D eigenvalue weighted by Gasteiger charge is 2.48. The molecule has 0 unspecified atom stereocenters. The maximum absolute atomic E-state index is 12.8. The first kappa shape index (κ1) is 31.3. The summed E-state index contributed by atoms with van der Waals surface area (Å²) in [5, 5.41) is 10.5. The van der Waals surface area contributed by atoms with E-state index < -0.39 is 24.1 Å². The molecule has 224 valence electrons. The van der Waals surface area contributed by atoms with Crippen LogP contribution in [0.1, 0.15) is 42.9 Å². The first-order valence-electron chi connectivity index (χ1n) is 14.3. The summed E-state index contributed by atoms with van der Waals surface area (Å²) in [6, 6.07) is 26.1. The van der Waals surface area contributed by atoms with Crippen LogP contribution in [0.2, 0.25) is 0 Å². The van der Waals surface area contributed by atoms with Crippen molar-refractivity contribution < 1.29 is 27.9 Å². The summed E-state index contributed by atoms with van der Waals surface area (Å²) < 4.78 is 32.0. The molecule has 0 radical (unpaired) electrons. The van der Waals surface area contributed by atoms with Gasteiger partial charge in [0, 0.05) is 25.7 Å². The van der Waals surface area contributed by atoms with Gasteiger partial charge in [0.1, 0.15) is 5.41 Å². The zero-order chi connectivity index (χ0) is 30.3. The van der Waals surface area contributed by atoms with Gasteiger partial charge in [0.2, 0.25) is 5.91 Å². The maximum atomic E-state index is 12.8. The summed E-state index contributed by atoms with van der Waals surface area (Å²) in [5.74, 6) is -0.575. The minimum atomic E-state index is -4.18. The molecule has 1 aliphatic heterocycles. The number of nitrogens with two attached hydrogens (primary N) is 1. The first-order valence-corrected chi connectivity index (χ1v) is 14.3. The fourth-order valence-electron chi connectivity index (χ4n) is 6.07. The number of carbonyl (C=O) groups is 2. The van der Waals surface area contributed by atoms with E-state index >= 15 is 0 Å². The molecule has 1 fully saturated rings. The molecule has 1 saturated heterocycles. The quantitative estimate of drug-likeness (QED) is 0.344.